The van der Waals surface area contributed by atoms with Crippen molar-refractivity contribution in [3.8, 4) is 0 Å². The highest BCUT2D eigenvalue weighted by molar-refractivity contribution is 7.88. The van der Waals surface area contributed by atoms with Gasteiger partial charge in [-0.05, 0) is 37.1 Å². The van der Waals surface area contributed by atoms with Crippen molar-refractivity contribution in [1.82, 2.24) is 4.31 Å². The normalized spacial score (nSPS) is 16.7. The number of nitrogens with zero attached hydrogens (tertiary/aromatic N) is 1. The Morgan fingerprint density at radius 1 is 1.15 bits per heavy atom. The highest BCUT2D eigenvalue weighted by Crippen LogP contribution is 2.30. The van der Waals surface area contributed by atoms with E-state index in [0.29, 0.717) is 0 Å². The summed E-state index contributed by atoms with van der Waals surface area (Å²) in [6, 6.07) is 4.05. The molecule has 0 unspecified atom stereocenters. The lowest BCUT2D eigenvalue weighted by molar-refractivity contribution is -0.137. The molecule has 0 bridgehead atoms. The van der Waals surface area contributed by atoms with Gasteiger partial charge in [0.1, 0.15) is 0 Å². The van der Waals surface area contributed by atoms with Crippen LogP contribution in [0.25, 0.3) is 0 Å². The van der Waals surface area contributed by atoms with Crippen molar-refractivity contribution < 1.29 is 26.4 Å². The van der Waals surface area contributed by atoms with Crippen molar-refractivity contribution in [2.45, 2.75) is 50.7 Å². The number of carbonyl (C=O) groups excluding carboxylic acids is 1. The number of carbonyl (C=O) groups is 1. The van der Waals surface area contributed by atoms with E-state index < -0.39 is 27.7 Å². The number of hydrogen-bond donors (Lipinski definition) is 1. The van der Waals surface area contributed by atoms with Crippen LogP contribution >= 0.6 is 0 Å². The summed E-state index contributed by atoms with van der Waals surface area (Å²) in [6.07, 6.45) is 1.24. The quantitative estimate of drug-likeness (QED) is 0.804. The molecule has 1 aliphatic carbocycles. The van der Waals surface area contributed by atoms with E-state index >= 15 is 0 Å². The molecule has 9 heteroatoms. The van der Waals surface area contributed by atoms with E-state index in [1.807, 2.05) is 0 Å². The Kier molecular flexibility index (Phi) is 6.68. The van der Waals surface area contributed by atoms with Gasteiger partial charge in [0.2, 0.25) is 15.9 Å². The number of halogens is 3. The zero-order chi connectivity index (χ0) is 19.4. The maximum absolute atomic E-state index is 12.5. The molecule has 0 atom stereocenters. The Labute approximate surface area is 151 Å². The number of hydrogen-bond acceptors (Lipinski definition) is 3. The third-order valence-corrected chi connectivity index (χ3v) is 5.80. The number of benzene rings is 1. The van der Waals surface area contributed by atoms with Crippen molar-refractivity contribution in [3.05, 3.63) is 29.8 Å². The highest BCUT2D eigenvalue weighted by atomic mass is 32.2. The SMILES string of the molecule is CS(=O)(=O)N(CCC(=O)Nc1ccc(C(F)(F)F)cc1)C1CCCCC1. The van der Waals surface area contributed by atoms with Crippen LogP contribution in [0.4, 0.5) is 18.9 Å². The zero-order valence-corrected chi connectivity index (χ0v) is 15.4. The summed E-state index contributed by atoms with van der Waals surface area (Å²) >= 11 is 0. The lowest BCUT2D eigenvalue weighted by atomic mass is 9.95. The van der Waals surface area contributed by atoms with Crippen LogP contribution < -0.4 is 5.32 Å². The number of sulfonamides is 1. The summed E-state index contributed by atoms with van der Waals surface area (Å²) in [5.41, 5.74) is -0.553. The van der Waals surface area contributed by atoms with Crippen molar-refractivity contribution in [3.63, 3.8) is 0 Å². The summed E-state index contributed by atoms with van der Waals surface area (Å²) in [7, 11) is -3.43. The van der Waals surface area contributed by atoms with Crippen LogP contribution in [0.15, 0.2) is 24.3 Å². The molecular weight excluding hydrogens is 369 g/mol. The summed E-state index contributed by atoms with van der Waals surface area (Å²) in [5, 5.41) is 2.50. The fraction of sp³-hybridized carbons (Fsp3) is 0.588. The van der Waals surface area contributed by atoms with Crippen LogP contribution in [0, 0.1) is 0 Å². The molecule has 1 amide bonds. The molecule has 0 spiro atoms. The first-order chi connectivity index (χ1) is 12.1. The van der Waals surface area contributed by atoms with Crippen molar-refractivity contribution in [2.75, 3.05) is 18.1 Å². The third kappa shape index (κ3) is 5.98. The zero-order valence-electron chi connectivity index (χ0n) is 14.6. The minimum absolute atomic E-state index is 0.0510. The van der Waals surface area contributed by atoms with Crippen molar-refractivity contribution in [1.29, 1.82) is 0 Å². The van der Waals surface area contributed by atoms with Gasteiger partial charge in [0.05, 0.1) is 11.8 Å². The first-order valence-electron chi connectivity index (χ1n) is 8.51. The smallest absolute Gasteiger partial charge is 0.326 e. The minimum Gasteiger partial charge on any atom is -0.326 e. The summed E-state index contributed by atoms with van der Waals surface area (Å²) in [6.45, 7) is 0.0654. The van der Waals surface area contributed by atoms with E-state index in [0.717, 1.165) is 50.5 Å². The molecule has 1 fully saturated rings. The van der Waals surface area contributed by atoms with Crippen molar-refractivity contribution in [2.24, 2.45) is 0 Å². The lowest BCUT2D eigenvalue weighted by Gasteiger charge is -2.32. The lowest BCUT2D eigenvalue weighted by Crippen LogP contribution is -2.42. The fourth-order valence-electron chi connectivity index (χ4n) is 3.17. The average molecular weight is 392 g/mol. The molecule has 0 aromatic heterocycles. The topological polar surface area (TPSA) is 66.5 Å². The van der Waals surface area contributed by atoms with Gasteiger partial charge in [-0.25, -0.2) is 8.42 Å². The van der Waals surface area contributed by atoms with Crippen LogP contribution in [-0.4, -0.2) is 37.5 Å². The number of rotatable bonds is 6. The maximum Gasteiger partial charge on any atom is 0.416 e. The van der Waals surface area contributed by atoms with E-state index in [1.54, 1.807) is 0 Å². The van der Waals surface area contributed by atoms with Gasteiger partial charge in [0.15, 0.2) is 0 Å². The van der Waals surface area contributed by atoms with Gasteiger partial charge in [0.25, 0.3) is 0 Å². The summed E-state index contributed by atoms with van der Waals surface area (Å²) in [5.74, 6) is -0.436. The monoisotopic (exact) mass is 392 g/mol. The summed E-state index contributed by atoms with van der Waals surface area (Å²) in [4.78, 5) is 12.1. The number of nitrogens with one attached hydrogen (secondary N) is 1. The molecule has 0 radical (unpaired) electrons. The van der Waals surface area contributed by atoms with Gasteiger partial charge in [-0.15, -0.1) is 0 Å². The van der Waals surface area contributed by atoms with Gasteiger partial charge >= 0.3 is 6.18 Å². The van der Waals surface area contributed by atoms with Crippen LogP contribution in [0.2, 0.25) is 0 Å². The Morgan fingerprint density at radius 2 is 1.73 bits per heavy atom. The second kappa shape index (κ2) is 8.39. The van der Waals surface area contributed by atoms with Crippen LogP contribution in [0.1, 0.15) is 44.1 Å². The van der Waals surface area contributed by atoms with Crippen molar-refractivity contribution >= 4 is 21.6 Å². The molecule has 2 rings (SSSR count). The molecular formula is C17H23F3N2O3S. The average Bonchev–Trinajstić information content (AvgIpc) is 2.54. The van der Waals surface area contributed by atoms with Gasteiger partial charge in [-0.2, -0.15) is 17.5 Å². The molecule has 0 aliphatic heterocycles. The largest absolute Gasteiger partial charge is 0.416 e. The Balaban J connectivity index is 1.93. The predicted octanol–water partition coefficient (Wildman–Crippen LogP) is 3.63. The van der Waals surface area contributed by atoms with E-state index in [9.17, 15) is 26.4 Å². The Hall–Kier alpha value is -1.61. The molecule has 1 N–H and O–H groups in total. The third-order valence-electron chi connectivity index (χ3n) is 4.46. The van der Waals surface area contributed by atoms with E-state index in [2.05, 4.69) is 5.32 Å². The Bertz CT molecular complexity index is 712. The van der Waals surface area contributed by atoms with Gasteiger partial charge in [-0.1, -0.05) is 19.3 Å². The molecule has 1 saturated carbocycles. The second-order valence-electron chi connectivity index (χ2n) is 6.54. The number of amides is 1. The van der Waals surface area contributed by atoms with Crippen LogP contribution in [-0.2, 0) is 21.0 Å². The van der Waals surface area contributed by atoms with Crippen LogP contribution in [0.5, 0.6) is 0 Å². The number of alkyl halides is 3. The van der Waals surface area contributed by atoms with Gasteiger partial charge in [-0.3, -0.25) is 4.79 Å². The molecule has 1 aliphatic rings. The van der Waals surface area contributed by atoms with Gasteiger partial charge in [0, 0.05) is 24.7 Å². The van der Waals surface area contributed by atoms with Crippen LogP contribution in [0.3, 0.4) is 0 Å². The molecule has 146 valence electrons. The molecule has 0 saturated heterocycles. The Morgan fingerprint density at radius 3 is 2.23 bits per heavy atom. The molecule has 1 aromatic rings. The molecule has 5 nitrogen and oxygen atoms in total. The van der Waals surface area contributed by atoms with Gasteiger partial charge < -0.3 is 5.32 Å². The van der Waals surface area contributed by atoms with E-state index in [4.69, 9.17) is 0 Å². The second-order valence-corrected chi connectivity index (χ2v) is 8.47. The first kappa shape index (κ1) is 20.7. The minimum atomic E-state index is -4.43. The molecule has 1 aromatic carbocycles. The number of anilines is 1. The predicted molar refractivity (Wildman–Crippen MR) is 93.1 cm³/mol. The highest BCUT2D eigenvalue weighted by Gasteiger charge is 2.30. The summed E-state index contributed by atoms with van der Waals surface area (Å²) < 4.78 is 63.0. The molecule has 0 heterocycles. The van der Waals surface area contributed by atoms with E-state index in [-0.39, 0.29) is 24.7 Å². The standard InChI is InChI=1S/C17H23F3N2O3S/c1-26(24,25)22(15-5-3-2-4-6-15)12-11-16(23)21-14-9-7-13(8-10-14)17(18,19)20/h7-10,15H,2-6,11-12H2,1H3,(H,21,23). The fourth-order valence-corrected chi connectivity index (χ4v) is 4.34. The van der Waals surface area contributed by atoms with E-state index in [1.165, 1.54) is 16.4 Å². The molecule has 26 heavy (non-hydrogen) atoms. The first-order valence-corrected chi connectivity index (χ1v) is 10.4. The maximum atomic E-state index is 12.5.